The van der Waals surface area contributed by atoms with Crippen LogP contribution in [-0.2, 0) is 0 Å². The molecule has 1 unspecified atom stereocenters. The number of rotatable bonds is 4. The first kappa shape index (κ1) is 11.1. The molecule has 1 amide bonds. The van der Waals surface area contributed by atoms with Crippen molar-refractivity contribution in [1.29, 1.82) is 0 Å². The number of aliphatic hydroxyl groups excluding tert-OH is 1. The summed E-state index contributed by atoms with van der Waals surface area (Å²) in [6, 6.07) is 0. The van der Waals surface area contributed by atoms with Crippen molar-refractivity contribution >= 4 is 17.4 Å². The van der Waals surface area contributed by atoms with E-state index in [1.807, 2.05) is 6.92 Å². The van der Waals surface area contributed by atoms with Gasteiger partial charge in [-0.05, 0) is 24.4 Å². The van der Waals surface area contributed by atoms with Crippen LogP contribution in [-0.4, -0.2) is 33.8 Å². The molecule has 0 fully saturated rings. The number of aromatic nitrogens is 2. The van der Waals surface area contributed by atoms with Crippen molar-refractivity contribution in [3.8, 4) is 0 Å². The number of amides is 1. The predicted octanol–water partition coefficient (Wildman–Crippen LogP) is 0.205. The van der Waals surface area contributed by atoms with Crippen molar-refractivity contribution < 1.29 is 9.90 Å². The third kappa shape index (κ3) is 2.74. The van der Waals surface area contributed by atoms with Crippen LogP contribution in [0.4, 0.5) is 0 Å². The molecule has 14 heavy (non-hydrogen) atoms. The lowest BCUT2D eigenvalue weighted by Crippen LogP contribution is -2.29. The maximum Gasteiger partial charge on any atom is 0.264 e. The quantitative estimate of drug-likeness (QED) is 0.752. The third-order valence-corrected chi connectivity index (χ3v) is 2.61. The van der Waals surface area contributed by atoms with Crippen LogP contribution in [0.3, 0.4) is 0 Å². The molecule has 1 aromatic heterocycles. The second-order valence-electron chi connectivity index (χ2n) is 3.19. The van der Waals surface area contributed by atoms with Gasteiger partial charge in [-0.25, -0.2) is 0 Å². The van der Waals surface area contributed by atoms with Gasteiger partial charge in [0.05, 0.1) is 5.69 Å². The molecular weight excluding hydrogens is 202 g/mol. The predicted molar refractivity (Wildman–Crippen MR) is 53.2 cm³/mol. The number of carbonyl (C=O) groups is 1. The molecule has 1 heterocycles. The lowest BCUT2D eigenvalue weighted by Gasteiger charge is -2.08. The molecule has 0 saturated heterocycles. The van der Waals surface area contributed by atoms with Crippen LogP contribution in [0.2, 0.25) is 0 Å². The molecule has 1 rings (SSSR count). The lowest BCUT2D eigenvalue weighted by molar-refractivity contribution is 0.0945. The van der Waals surface area contributed by atoms with Crippen LogP contribution in [0, 0.1) is 12.8 Å². The van der Waals surface area contributed by atoms with Crippen LogP contribution in [0.5, 0.6) is 0 Å². The van der Waals surface area contributed by atoms with E-state index in [1.54, 1.807) is 6.92 Å². The molecule has 0 saturated carbocycles. The maximum atomic E-state index is 11.5. The molecule has 0 aliphatic heterocycles. The van der Waals surface area contributed by atoms with E-state index in [2.05, 4.69) is 14.9 Å². The van der Waals surface area contributed by atoms with Gasteiger partial charge in [0.25, 0.3) is 5.91 Å². The van der Waals surface area contributed by atoms with Crippen molar-refractivity contribution in [3.63, 3.8) is 0 Å². The summed E-state index contributed by atoms with van der Waals surface area (Å²) in [5.41, 5.74) is 0.643. The first-order valence-corrected chi connectivity index (χ1v) is 5.10. The summed E-state index contributed by atoms with van der Waals surface area (Å²) in [6.45, 7) is 4.14. The number of hydrogen-bond donors (Lipinski definition) is 2. The van der Waals surface area contributed by atoms with E-state index < -0.39 is 0 Å². The molecule has 0 aliphatic carbocycles. The maximum absolute atomic E-state index is 11.5. The number of carbonyl (C=O) groups excluding carboxylic acids is 1. The minimum absolute atomic E-state index is 0.0696. The molecule has 0 aliphatic rings. The first-order valence-electron chi connectivity index (χ1n) is 4.33. The molecule has 78 valence electrons. The molecule has 1 atom stereocenters. The standard InChI is InChI=1S/C8H13N3O2S/c1-5(4-12)3-9-8(13)7-6(2)10-11-14-7/h5,12H,3-4H2,1-2H3,(H,9,13). The summed E-state index contributed by atoms with van der Waals surface area (Å²) >= 11 is 1.08. The van der Waals surface area contributed by atoms with Gasteiger partial charge in [-0.15, -0.1) is 5.10 Å². The zero-order chi connectivity index (χ0) is 10.6. The third-order valence-electron chi connectivity index (χ3n) is 1.78. The van der Waals surface area contributed by atoms with Gasteiger partial charge in [0.2, 0.25) is 0 Å². The summed E-state index contributed by atoms with van der Waals surface area (Å²) in [7, 11) is 0. The molecule has 0 radical (unpaired) electrons. The van der Waals surface area contributed by atoms with Crippen LogP contribution < -0.4 is 5.32 Å². The summed E-state index contributed by atoms with van der Waals surface area (Å²) in [4.78, 5) is 12.0. The molecule has 0 aromatic carbocycles. The highest BCUT2D eigenvalue weighted by atomic mass is 32.1. The Bertz CT molecular complexity index is 313. The van der Waals surface area contributed by atoms with E-state index in [-0.39, 0.29) is 18.4 Å². The van der Waals surface area contributed by atoms with E-state index >= 15 is 0 Å². The Morgan fingerprint density at radius 1 is 1.71 bits per heavy atom. The van der Waals surface area contributed by atoms with Crippen LogP contribution in [0.25, 0.3) is 0 Å². The fraction of sp³-hybridized carbons (Fsp3) is 0.625. The van der Waals surface area contributed by atoms with E-state index in [0.717, 1.165) is 11.5 Å². The van der Waals surface area contributed by atoms with Gasteiger partial charge in [-0.1, -0.05) is 11.4 Å². The molecule has 6 heteroatoms. The van der Waals surface area contributed by atoms with Crippen LogP contribution in [0.15, 0.2) is 0 Å². The topological polar surface area (TPSA) is 75.1 Å². The fourth-order valence-corrected chi connectivity index (χ4v) is 1.42. The number of aryl methyl sites for hydroxylation is 1. The Hall–Kier alpha value is -1.01. The van der Waals surface area contributed by atoms with E-state index in [0.29, 0.717) is 17.1 Å². The second-order valence-corrected chi connectivity index (χ2v) is 3.94. The number of nitrogens with one attached hydrogen (secondary N) is 1. The van der Waals surface area contributed by atoms with Crippen molar-refractivity contribution in [2.75, 3.05) is 13.2 Å². The smallest absolute Gasteiger partial charge is 0.264 e. The van der Waals surface area contributed by atoms with E-state index in [4.69, 9.17) is 5.11 Å². The normalized spacial score (nSPS) is 12.5. The Labute approximate surface area is 86.3 Å². The van der Waals surface area contributed by atoms with Gasteiger partial charge in [0, 0.05) is 13.2 Å². The lowest BCUT2D eigenvalue weighted by atomic mass is 10.2. The molecule has 1 aromatic rings. The largest absolute Gasteiger partial charge is 0.396 e. The monoisotopic (exact) mass is 215 g/mol. The average molecular weight is 215 g/mol. The van der Waals surface area contributed by atoms with Crippen molar-refractivity contribution in [3.05, 3.63) is 10.6 Å². The molecule has 5 nitrogen and oxygen atoms in total. The summed E-state index contributed by atoms with van der Waals surface area (Å²) in [5.74, 6) is -0.0991. The van der Waals surface area contributed by atoms with Gasteiger partial charge < -0.3 is 10.4 Å². The molecule has 0 bridgehead atoms. The highest BCUT2D eigenvalue weighted by molar-refractivity contribution is 7.07. The average Bonchev–Trinajstić information content (AvgIpc) is 2.60. The Morgan fingerprint density at radius 3 is 2.93 bits per heavy atom. The zero-order valence-electron chi connectivity index (χ0n) is 8.15. The molecule has 0 spiro atoms. The van der Waals surface area contributed by atoms with Gasteiger partial charge in [-0.3, -0.25) is 4.79 Å². The summed E-state index contributed by atoms with van der Waals surface area (Å²) in [6.07, 6.45) is 0. The van der Waals surface area contributed by atoms with Gasteiger partial charge in [-0.2, -0.15) is 0 Å². The Kier molecular flexibility index (Phi) is 3.97. The van der Waals surface area contributed by atoms with Crippen LogP contribution >= 0.6 is 11.5 Å². The van der Waals surface area contributed by atoms with E-state index in [1.165, 1.54) is 0 Å². The van der Waals surface area contributed by atoms with E-state index in [9.17, 15) is 4.79 Å². The van der Waals surface area contributed by atoms with Crippen molar-refractivity contribution in [2.45, 2.75) is 13.8 Å². The van der Waals surface area contributed by atoms with Crippen molar-refractivity contribution in [1.82, 2.24) is 14.9 Å². The fourth-order valence-electron chi connectivity index (χ4n) is 0.851. The van der Waals surface area contributed by atoms with Gasteiger partial charge in [0.15, 0.2) is 0 Å². The first-order chi connectivity index (χ1) is 6.65. The van der Waals surface area contributed by atoms with Gasteiger partial charge in [0.1, 0.15) is 4.88 Å². The second kappa shape index (κ2) is 5.02. The number of hydrogen-bond acceptors (Lipinski definition) is 5. The van der Waals surface area contributed by atoms with Crippen molar-refractivity contribution in [2.24, 2.45) is 5.92 Å². The molecular formula is C8H13N3O2S. The minimum Gasteiger partial charge on any atom is -0.396 e. The highest BCUT2D eigenvalue weighted by Gasteiger charge is 2.13. The SMILES string of the molecule is Cc1nnsc1C(=O)NCC(C)CO. The Balaban J connectivity index is 2.47. The summed E-state index contributed by atoms with van der Waals surface area (Å²) < 4.78 is 3.67. The van der Waals surface area contributed by atoms with Gasteiger partial charge >= 0.3 is 0 Å². The van der Waals surface area contributed by atoms with Crippen LogP contribution in [0.1, 0.15) is 22.3 Å². The minimum atomic E-state index is -0.169. The Morgan fingerprint density at radius 2 is 2.43 bits per heavy atom. The number of nitrogens with zero attached hydrogens (tertiary/aromatic N) is 2. The summed E-state index contributed by atoms with van der Waals surface area (Å²) in [5, 5.41) is 15.2. The molecule has 2 N–H and O–H groups in total. The highest BCUT2D eigenvalue weighted by Crippen LogP contribution is 2.08. The number of aliphatic hydroxyl groups is 1. The zero-order valence-corrected chi connectivity index (χ0v) is 8.97.